The first-order chi connectivity index (χ1) is 9.92. The highest BCUT2D eigenvalue weighted by Crippen LogP contribution is 2.47. The van der Waals surface area contributed by atoms with Crippen LogP contribution in [0.2, 0.25) is 0 Å². The van der Waals surface area contributed by atoms with E-state index in [9.17, 15) is 14.5 Å². The van der Waals surface area contributed by atoms with Crippen LogP contribution in [0.3, 0.4) is 0 Å². The van der Waals surface area contributed by atoms with Gasteiger partial charge in [-0.15, -0.1) is 0 Å². The quantitative estimate of drug-likeness (QED) is 0.641. The molecule has 0 aromatic heterocycles. The van der Waals surface area contributed by atoms with Gasteiger partial charge in [0.2, 0.25) is 0 Å². The van der Waals surface area contributed by atoms with E-state index in [4.69, 9.17) is 4.74 Å². The lowest BCUT2D eigenvalue weighted by Crippen LogP contribution is -2.59. The minimum Gasteiger partial charge on any atom is -0.378 e. The van der Waals surface area contributed by atoms with Crippen LogP contribution in [0.15, 0.2) is 18.2 Å². The van der Waals surface area contributed by atoms with E-state index in [2.05, 4.69) is 19.2 Å². The third-order valence-electron chi connectivity index (χ3n) is 4.60. The van der Waals surface area contributed by atoms with Gasteiger partial charge in [-0.1, -0.05) is 13.8 Å². The Hall–Kier alpha value is -1.69. The fourth-order valence-electron chi connectivity index (χ4n) is 2.94. The Morgan fingerprint density at radius 1 is 1.52 bits per heavy atom. The smallest absolute Gasteiger partial charge is 0.295 e. The molecule has 3 atom stereocenters. The van der Waals surface area contributed by atoms with Crippen LogP contribution in [-0.4, -0.2) is 23.7 Å². The maximum Gasteiger partial charge on any atom is 0.295 e. The summed E-state index contributed by atoms with van der Waals surface area (Å²) in [5.74, 6) is -0.605. The first-order valence-electron chi connectivity index (χ1n) is 7.24. The molecule has 2 rings (SSSR count). The molecule has 1 aliphatic carbocycles. The van der Waals surface area contributed by atoms with Crippen LogP contribution in [0.4, 0.5) is 15.8 Å². The normalized spacial score (nSPS) is 28.0. The predicted molar refractivity (Wildman–Crippen MR) is 78.9 cm³/mol. The van der Waals surface area contributed by atoms with Crippen molar-refractivity contribution in [3.8, 4) is 0 Å². The van der Waals surface area contributed by atoms with E-state index in [1.807, 2.05) is 6.92 Å². The van der Waals surface area contributed by atoms with Crippen molar-refractivity contribution < 1.29 is 14.1 Å². The number of hydrogen-bond acceptors (Lipinski definition) is 4. The molecule has 0 amide bonds. The highest BCUT2D eigenvalue weighted by atomic mass is 19.1. The second kappa shape index (κ2) is 5.97. The van der Waals surface area contributed by atoms with Gasteiger partial charge in [0.25, 0.3) is 5.69 Å². The van der Waals surface area contributed by atoms with Crippen molar-refractivity contribution in [1.29, 1.82) is 0 Å². The Morgan fingerprint density at radius 2 is 2.24 bits per heavy atom. The minimum absolute atomic E-state index is 0.0712. The van der Waals surface area contributed by atoms with Gasteiger partial charge in [-0.05, 0) is 31.9 Å². The summed E-state index contributed by atoms with van der Waals surface area (Å²) in [6, 6.07) is 3.70. The predicted octanol–water partition coefficient (Wildman–Crippen LogP) is 3.74. The van der Waals surface area contributed by atoms with Crippen molar-refractivity contribution in [2.45, 2.75) is 45.8 Å². The minimum atomic E-state index is -0.605. The molecule has 0 radical (unpaired) electrons. The van der Waals surface area contributed by atoms with Crippen molar-refractivity contribution in [2.24, 2.45) is 5.41 Å². The van der Waals surface area contributed by atoms with Gasteiger partial charge in [0.05, 0.1) is 17.1 Å². The fraction of sp³-hybridized carbons (Fsp3) is 0.600. The number of ether oxygens (including phenoxy) is 1. The van der Waals surface area contributed by atoms with Gasteiger partial charge in [-0.2, -0.15) is 0 Å². The average molecular weight is 296 g/mol. The number of rotatable bonds is 6. The first-order valence-corrected chi connectivity index (χ1v) is 7.24. The molecule has 21 heavy (non-hydrogen) atoms. The molecule has 1 N–H and O–H groups in total. The van der Waals surface area contributed by atoms with Crippen LogP contribution in [-0.2, 0) is 4.74 Å². The largest absolute Gasteiger partial charge is 0.378 e. The number of nitro groups is 1. The number of halogens is 1. The number of hydrogen-bond donors (Lipinski definition) is 1. The molecule has 1 aliphatic rings. The molecule has 0 aliphatic heterocycles. The van der Waals surface area contributed by atoms with Crippen molar-refractivity contribution in [2.75, 3.05) is 11.9 Å². The molecule has 0 heterocycles. The molecule has 1 fully saturated rings. The first kappa shape index (κ1) is 15.7. The summed E-state index contributed by atoms with van der Waals surface area (Å²) in [5.41, 5.74) is 0.0625. The molecule has 1 aromatic rings. The molecule has 0 spiro atoms. The Labute approximate surface area is 123 Å². The van der Waals surface area contributed by atoms with Gasteiger partial charge in [0, 0.05) is 18.1 Å². The molecule has 0 saturated heterocycles. The summed E-state index contributed by atoms with van der Waals surface area (Å²) < 4.78 is 18.9. The summed E-state index contributed by atoms with van der Waals surface area (Å²) in [7, 11) is 0. The fourth-order valence-corrected chi connectivity index (χ4v) is 2.94. The summed E-state index contributed by atoms with van der Waals surface area (Å²) in [5, 5.41) is 14.2. The maximum absolute atomic E-state index is 13.2. The van der Waals surface area contributed by atoms with Crippen LogP contribution < -0.4 is 5.32 Å². The second-order valence-corrected chi connectivity index (χ2v) is 5.65. The Morgan fingerprint density at radius 3 is 2.81 bits per heavy atom. The van der Waals surface area contributed by atoms with Crippen LogP contribution in [0, 0.1) is 21.3 Å². The van der Waals surface area contributed by atoms with Crippen LogP contribution in [0.5, 0.6) is 0 Å². The van der Waals surface area contributed by atoms with Gasteiger partial charge in [-0.25, -0.2) is 4.39 Å². The van der Waals surface area contributed by atoms with E-state index in [-0.39, 0.29) is 23.2 Å². The lowest BCUT2D eigenvalue weighted by atomic mass is 9.61. The zero-order valence-corrected chi connectivity index (χ0v) is 12.6. The van der Waals surface area contributed by atoms with E-state index in [0.717, 1.165) is 18.9 Å². The van der Waals surface area contributed by atoms with Crippen LogP contribution in [0.1, 0.15) is 33.6 Å². The SMILES string of the molecule is CCOC1CC(Nc2ccc(F)cc2[N+](=O)[O-])C1(C)CC. The molecule has 1 aromatic carbocycles. The van der Waals surface area contributed by atoms with Crippen molar-refractivity contribution in [3.05, 3.63) is 34.1 Å². The summed E-state index contributed by atoms with van der Waals surface area (Å²) in [6.45, 7) is 6.81. The highest BCUT2D eigenvalue weighted by molar-refractivity contribution is 5.62. The zero-order valence-electron chi connectivity index (χ0n) is 12.6. The zero-order chi connectivity index (χ0) is 15.6. The van der Waals surface area contributed by atoms with Gasteiger partial charge in [-0.3, -0.25) is 10.1 Å². The van der Waals surface area contributed by atoms with Crippen LogP contribution >= 0.6 is 0 Å². The standard InChI is InChI=1S/C15H21FN2O3/c1-4-15(3)13(9-14(15)21-5-2)17-11-7-6-10(16)8-12(11)18(19)20/h6-8,13-14,17H,4-5,9H2,1-3H3. The molecule has 1 saturated carbocycles. The van der Waals surface area contributed by atoms with Gasteiger partial charge < -0.3 is 10.1 Å². The molecule has 5 nitrogen and oxygen atoms in total. The number of anilines is 1. The topological polar surface area (TPSA) is 64.4 Å². The average Bonchev–Trinajstić information content (AvgIpc) is 2.46. The monoisotopic (exact) mass is 296 g/mol. The Balaban J connectivity index is 2.18. The van der Waals surface area contributed by atoms with E-state index in [1.54, 1.807) is 0 Å². The van der Waals surface area contributed by atoms with E-state index >= 15 is 0 Å². The lowest BCUT2D eigenvalue weighted by Gasteiger charge is -2.53. The molecule has 6 heteroatoms. The molecule has 116 valence electrons. The Kier molecular flexibility index (Phi) is 4.46. The number of nitro benzene ring substituents is 1. The van der Waals surface area contributed by atoms with E-state index in [0.29, 0.717) is 12.3 Å². The van der Waals surface area contributed by atoms with Gasteiger partial charge in [0.15, 0.2) is 0 Å². The molecule has 3 unspecified atom stereocenters. The summed E-state index contributed by atoms with van der Waals surface area (Å²) in [6.07, 6.45) is 1.86. The highest BCUT2D eigenvalue weighted by Gasteiger charge is 2.51. The molecule has 0 bridgehead atoms. The maximum atomic E-state index is 13.2. The van der Waals surface area contributed by atoms with Crippen molar-refractivity contribution in [1.82, 2.24) is 0 Å². The van der Waals surface area contributed by atoms with E-state index < -0.39 is 10.7 Å². The third kappa shape index (κ3) is 2.85. The molecular formula is C15H21FN2O3. The Bertz CT molecular complexity index is 538. The van der Waals surface area contributed by atoms with E-state index in [1.165, 1.54) is 12.1 Å². The second-order valence-electron chi connectivity index (χ2n) is 5.65. The lowest BCUT2D eigenvalue weighted by molar-refractivity contribution is -0.384. The third-order valence-corrected chi connectivity index (χ3v) is 4.60. The van der Waals surface area contributed by atoms with Crippen molar-refractivity contribution in [3.63, 3.8) is 0 Å². The summed E-state index contributed by atoms with van der Waals surface area (Å²) in [4.78, 5) is 10.5. The number of nitrogens with one attached hydrogen (secondary N) is 1. The van der Waals surface area contributed by atoms with Crippen LogP contribution in [0.25, 0.3) is 0 Å². The van der Waals surface area contributed by atoms with Gasteiger partial charge in [0.1, 0.15) is 11.5 Å². The summed E-state index contributed by atoms with van der Waals surface area (Å²) >= 11 is 0. The molecular weight excluding hydrogens is 275 g/mol. The number of nitrogens with zero attached hydrogens (tertiary/aromatic N) is 1. The van der Waals surface area contributed by atoms with Crippen molar-refractivity contribution >= 4 is 11.4 Å². The van der Waals surface area contributed by atoms with Gasteiger partial charge >= 0.3 is 0 Å². The number of benzene rings is 1.